The summed E-state index contributed by atoms with van der Waals surface area (Å²) in [6.45, 7) is 8.22. The minimum atomic E-state index is -0.924. The zero-order chi connectivity index (χ0) is 13.5. The quantitative estimate of drug-likeness (QED) is 0.812. The van der Waals surface area contributed by atoms with Crippen LogP contribution in [-0.4, -0.2) is 17.6 Å². The van der Waals surface area contributed by atoms with Gasteiger partial charge in [-0.15, -0.1) is 0 Å². The van der Waals surface area contributed by atoms with Crippen molar-refractivity contribution < 1.29 is 9.90 Å². The van der Waals surface area contributed by atoms with E-state index in [1.54, 1.807) is 17.5 Å². The Labute approximate surface area is 112 Å². The Balaban J connectivity index is 3.21. The van der Waals surface area contributed by atoms with E-state index in [0.29, 0.717) is 17.8 Å². The molecule has 2 N–H and O–H groups in total. The van der Waals surface area contributed by atoms with Crippen molar-refractivity contribution in [2.75, 3.05) is 11.9 Å². The first kappa shape index (κ1) is 14.4. The molecule has 0 aliphatic rings. The highest BCUT2D eigenvalue weighted by Crippen LogP contribution is 2.30. The molecular formula is C14H17NO2S. The molecule has 0 unspecified atom stereocenters. The van der Waals surface area contributed by atoms with Gasteiger partial charge in [-0.3, -0.25) is 0 Å². The number of anilines is 1. The van der Waals surface area contributed by atoms with Gasteiger partial charge in [0, 0.05) is 17.1 Å². The Morgan fingerprint density at radius 3 is 2.78 bits per heavy atom. The summed E-state index contributed by atoms with van der Waals surface area (Å²) in [6, 6.07) is 5.40. The fraction of sp³-hybridized carbons (Fsp3) is 0.214. The van der Waals surface area contributed by atoms with Gasteiger partial charge in [-0.05, 0) is 37.0 Å². The number of nitrogens with one attached hydrogen (secondary N) is 1. The third kappa shape index (κ3) is 3.40. The summed E-state index contributed by atoms with van der Waals surface area (Å²) in [4.78, 5) is 12.2. The van der Waals surface area contributed by atoms with Crippen LogP contribution >= 0.6 is 11.8 Å². The van der Waals surface area contributed by atoms with Crippen LogP contribution in [0.3, 0.4) is 0 Å². The van der Waals surface area contributed by atoms with Crippen LogP contribution in [0.2, 0.25) is 0 Å². The molecule has 0 saturated heterocycles. The van der Waals surface area contributed by atoms with Gasteiger partial charge in [0.15, 0.2) is 0 Å². The lowest BCUT2D eigenvalue weighted by Gasteiger charge is -2.11. The number of carboxylic acids is 1. The fourth-order valence-electron chi connectivity index (χ4n) is 1.61. The molecule has 0 atom stereocenters. The minimum absolute atomic E-state index is 0.290. The molecule has 1 aromatic carbocycles. The van der Waals surface area contributed by atoms with Crippen molar-refractivity contribution in [3.05, 3.63) is 47.4 Å². The van der Waals surface area contributed by atoms with Crippen LogP contribution in [0.5, 0.6) is 0 Å². The summed E-state index contributed by atoms with van der Waals surface area (Å²) < 4.78 is 0. The largest absolute Gasteiger partial charge is 0.478 e. The zero-order valence-electron chi connectivity index (χ0n) is 10.6. The highest BCUT2D eigenvalue weighted by molar-refractivity contribution is 8.10. The smallest absolute Gasteiger partial charge is 0.337 e. The molecule has 0 amide bonds. The van der Waals surface area contributed by atoms with E-state index in [1.165, 1.54) is 11.8 Å². The molecule has 0 saturated carbocycles. The summed E-state index contributed by atoms with van der Waals surface area (Å²) in [5.41, 5.74) is 1.83. The van der Waals surface area contributed by atoms with Crippen molar-refractivity contribution >= 4 is 28.3 Å². The highest BCUT2D eigenvalue weighted by atomic mass is 32.2. The summed E-state index contributed by atoms with van der Waals surface area (Å²) in [5, 5.41) is 14.0. The van der Waals surface area contributed by atoms with Crippen LogP contribution in [0.25, 0.3) is 4.91 Å². The predicted molar refractivity (Wildman–Crippen MR) is 79.0 cm³/mol. The van der Waals surface area contributed by atoms with E-state index in [1.807, 2.05) is 26.0 Å². The first-order chi connectivity index (χ1) is 8.63. The van der Waals surface area contributed by atoms with Gasteiger partial charge >= 0.3 is 5.97 Å². The second-order valence-corrected chi connectivity index (χ2v) is 4.54. The second kappa shape index (κ2) is 6.91. The van der Waals surface area contributed by atoms with E-state index in [4.69, 9.17) is 0 Å². The van der Waals surface area contributed by atoms with E-state index in [9.17, 15) is 9.90 Å². The number of carbonyl (C=O) groups is 1. The van der Waals surface area contributed by atoms with Gasteiger partial charge in [-0.2, -0.15) is 0 Å². The van der Waals surface area contributed by atoms with Crippen LogP contribution in [0, 0.1) is 0 Å². The lowest BCUT2D eigenvalue weighted by atomic mass is 10.1. The molecule has 0 aliphatic heterocycles. The summed E-state index contributed by atoms with van der Waals surface area (Å²) >= 11 is 1.48. The van der Waals surface area contributed by atoms with Crippen molar-refractivity contribution in [2.24, 2.45) is 0 Å². The predicted octanol–water partition coefficient (Wildman–Crippen LogP) is 4.05. The van der Waals surface area contributed by atoms with Crippen LogP contribution in [0.4, 0.5) is 5.69 Å². The van der Waals surface area contributed by atoms with E-state index >= 15 is 0 Å². The number of hydrogen-bond donors (Lipinski definition) is 2. The van der Waals surface area contributed by atoms with Crippen LogP contribution < -0.4 is 5.32 Å². The van der Waals surface area contributed by atoms with Crippen molar-refractivity contribution in [1.29, 1.82) is 0 Å². The minimum Gasteiger partial charge on any atom is -0.478 e. The van der Waals surface area contributed by atoms with Crippen molar-refractivity contribution in [2.45, 2.75) is 13.8 Å². The molecule has 0 heterocycles. The van der Waals surface area contributed by atoms with E-state index in [2.05, 4.69) is 11.9 Å². The van der Waals surface area contributed by atoms with Crippen molar-refractivity contribution in [3.8, 4) is 0 Å². The summed E-state index contributed by atoms with van der Waals surface area (Å²) in [6.07, 6.45) is 1.94. The lowest BCUT2D eigenvalue weighted by molar-refractivity contribution is 0.0698. The highest BCUT2D eigenvalue weighted by Gasteiger charge is 2.11. The van der Waals surface area contributed by atoms with Crippen LogP contribution in [0.15, 0.2) is 36.3 Å². The number of benzene rings is 1. The molecule has 1 aromatic rings. The lowest BCUT2D eigenvalue weighted by Crippen LogP contribution is -2.06. The third-order valence-electron chi connectivity index (χ3n) is 2.37. The van der Waals surface area contributed by atoms with Crippen LogP contribution in [-0.2, 0) is 0 Å². The zero-order valence-corrected chi connectivity index (χ0v) is 11.4. The molecule has 0 aromatic heterocycles. The van der Waals surface area contributed by atoms with Gasteiger partial charge in [-0.25, -0.2) is 4.79 Å². The Morgan fingerprint density at radius 1 is 1.56 bits per heavy atom. The Kier molecular flexibility index (Phi) is 5.52. The van der Waals surface area contributed by atoms with Crippen molar-refractivity contribution in [3.63, 3.8) is 0 Å². The molecule has 0 fully saturated rings. The van der Waals surface area contributed by atoms with Gasteiger partial charge < -0.3 is 10.4 Å². The Morgan fingerprint density at radius 2 is 2.28 bits per heavy atom. The molecule has 0 aliphatic carbocycles. The maximum absolute atomic E-state index is 11.2. The maximum atomic E-state index is 11.2. The Bertz CT molecular complexity index is 481. The number of thioether (sulfide) groups is 1. The fourth-order valence-corrected chi connectivity index (χ4v) is 2.19. The standard InChI is InChI=1S/C14H17NO2S/c1-4-13(18-6-3)10-7-8-12(15-5-2)11(9-10)14(16)17/h4,6-9,15H,3,5H2,1-2H3,(H,16,17)/b13-4-. The van der Waals surface area contributed by atoms with E-state index < -0.39 is 5.97 Å². The van der Waals surface area contributed by atoms with Gasteiger partial charge in [0.05, 0.1) is 5.56 Å². The molecule has 4 heteroatoms. The molecule has 1 rings (SSSR count). The van der Waals surface area contributed by atoms with Gasteiger partial charge in [-0.1, -0.05) is 30.5 Å². The number of hydrogen-bond acceptors (Lipinski definition) is 3. The molecular weight excluding hydrogens is 246 g/mol. The average molecular weight is 263 g/mol. The molecule has 0 spiro atoms. The third-order valence-corrected chi connectivity index (χ3v) is 3.27. The van der Waals surface area contributed by atoms with E-state index in [0.717, 1.165) is 10.5 Å². The number of carboxylic acid groups (broad SMARTS) is 1. The average Bonchev–Trinajstić information content (AvgIpc) is 2.36. The SMILES string of the molecule is C=CS/C(=C\C)c1ccc(NCC)c(C(=O)O)c1. The number of rotatable bonds is 6. The molecule has 0 bridgehead atoms. The van der Waals surface area contributed by atoms with Gasteiger partial charge in [0.2, 0.25) is 0 Å². The molecule has 18 heavy (non-hydrogen) atoms. The Hall–Kier alpha value is -1.68. The van der Waals surface area contributed by atoms with Gasteiger partial charge in [0.25, 0.3) is 0 Å². The normalized spacial score (nSPS) is 11.1. The monoisotopic (exact) mass is 263 g/mol. The molecule has 96 valence electrons. The first-order valence-corrected chi connectivity index (χ1v) is 6.57. The second-order valence-electron chi connectivity index (χ2n) is 3.53. The number of allylic oxidation sites excluding steroid dienone is 1. The van der Waals surface area contributed by atoms with Crippen molar-refractivity contribution in [1.82, 2.24) is 0 Å². The summed E-state index contributed by atoms with van der Waals surface area (Å²) in [5.74, 6) is -0.924. The van der Waals surface area contributed by atoms with Crippen LogP contribution in [0.1, 0.15) is 29.8 Å². The molecule has 0 radical (unpaired) electrons. The van der Waals surface area contributed by atoms with E-state index in [-0.39, 0.29) is 0 Å². The number of aromatic carboxylic acids is 1. The first-order valence-electron chi connectivity index (χ1n) is 5.69. The topological polar surface area (TPSA) is 49.3 Å². The molecule has 3 nitrogen and oxygen atoms in total. The van der Waals surface area contributed by atoms with Gasteiger partial charge in [0.1, 0.15) is 0 Å². The maximum Gasteiger partial charge on any atom is 0.337 e. The summed E-state index contributed by atoms with van der Waals surface area (Å²) in [7, 11) is 0.